The molecule has 0 atom stereocenters. The van der Waals surface area contributed by atoms with E-state index in [9.17, 15) is 9.59 Å². The summed E-state index contributed by atoms with van der Waals surface area (Å²) < 4.78 is 0. The number of nitrogens with zero attached hydrogens (tertiary/aromatic N) is 1. The first-order valence-corrected chi connectivity index (χ1v) is 8.28. The average Bonchev–Trinajstić information content (AvgIpc) is 2.66. The van der Waals surface area contributed by atoms with Gasteiger partial charge in [-0.25, -0.2) is 0 Å². The molecule has 5 nitrogen and oxygen atoms in total. The lowest BCUT2D eigenvalue weighted by Crippen LogP contribution is -2.18. The lowest BCUT2D eigenvalue weighted by atomic mass is 10.1. The Labute approximate surface area is 152 Å². The number of anilines is 2. The summed E-state index contributed by atoms with van der Waals surface area (Å²) in [7, 11) is 0. The summed E-state index contributed by atoms with van der Waals surface area (Å²) in [5.41, 5.74) is 3.60. The van der Waals surface area contributed by atoms with Crippen LogP contribution in [0, 0.1) is 6.92 Å². The van der Waals surface area contributed by atoms with Gasteiger partial charge in [0.15, 0.2) is 0 Å². The van der Waals surface area contributed by atoms with Gasteiger partial charge >= 0.3 is 0 Å². The van der Waals surface area contributed by atoms with Crippen molar-refractivity contribution in [2.75, 3.05) is 10.6 Å². The lowest BCUT2D eigenvalue weighted by molar-refractivity contribution is -0.115. The van der Waals surface area contributed by atoms with E-state index in [1.807, 2.05) is 37.3 Å². The number of nitrogens with one attached hydrogen (secondary N) is 2. The van der Waals surface area contributed by atoms with Crippen LogP contribution in [-0.2, 0) is 11.2 Å². The summed E-state index contributed by atoms with van der Waals surface area (Å²) in [6, 6.07) is 18.3. The Balaban J connectivity index is 1.72. The van der Waals surface area contributed by atoms with E-state index in [1.54, 1.807) is 36.5 Å². The van der Waals surface area contributed by atoms with Gasteiger partial charge in [-0.05, 0) is 42.3 Å². The van der Waals surface area contributed by atoms with Gasteiger partial charge in [0.05, 0.1) is 23.4 Å². The third-order valence-electron chi connectivity index (χ3n) is 3.99. The molecule has 0 saturated heterocycles. The van der Waals surface area contributed by atoms with E-state index in [-0.39, 0.29) is 18.2 Å². The van der Waals surface area contributed by atoms with Gasteiger partial charge < -0.3 is 10.6 Å². The maximum absolute atomic E-state index is 12.4. The Hall–Kier alpha value is -3.47. The highest BCUT2D eigenvalue weighted by Crippen LogP contribution is 2.22. The molecule has 0 aliphatic carbocycles. The molecule has 0 radical (unpaired) electrons. The second-order valence-corrected chi connectivity index (χ2v) is 5.89. The second-order valence-electron chi connectivity index (χ2n) is 5.89. The molecule has 2 aromatic carbocycles. The highest BCUT2D eigenvalue weighted by molar-refractivity contribution is 6.07. The Kier molecular flexibility index (Phi) is 5.39. The Morgan fingerprint density at radius 2 is 1.58 bits per heavy atom. The molecule has 0 saturated carbocycles. The van der Waals surface area contributed by atoms with E-state index in [0.717, 1.165) is 11.1 Å². The smallest absolute Gasteiger partial charge is 0.257 e. The molecule has 0 unspecified atom stereocenters. The molecule has 2 amide bonds. The van der Waals surface area contributed by atoms with Crippen LogP contribution in [0.4, 0.5) is 11.4 Å². The van der Waals surface area contributed by atoms with Crippen molar-refractivity contribution in [3.8, 4) is 0 Å². The summed E-state index contributed by atoms with van der Waals surface area (Å²) in [6.07, 6.45) is 3.38. The molecule has 0 fully saturated rings. The molecule has 3 aromatic rings. The zero-order valence-electron chi connectivity index (χ0n) is 14.4. The third-order valence-corrected chi connectivity index (χ3v) is 3.99. The summed E-state index contributed by atoms with van der Waals surface area (Å²) in [5, 5.41) is 5.69. The largest absolute Gasteiger partial charge is 0.324 e. The molecule has 1 heterocycles. The molecule has 0 spiro atoms. The minimum atomic E-state index is -0.279. The topological polar surface area (TPSA) is 71.1 Å². The van der Waals surface area contributed by atoms with E-state index in [4.69, 9.17) is 0 Å². The molecule has 26 heavy (non-hydrogen) atoms. The van der Waals surface area contributed by atoms with Gasteiger partial charge in [0.2, 0.25) is 5.91 Å². The highest BCUT2D eigenvalue weighted by Gasteiger charge is 2.12. The SMILES string of the molecule is Cc1ccccc1CC(=O)Nc1ccccc1NC(=O)c1cccnc1. The molecular weight excluding hydrogens is 326 g/mol. The van der Waals surface area contributed by atoms with Crippen LogP contribution in [-0.4, -0.2) is 16.8 Å². The van der Waals surface area contributed by atoms with Gasteiger partial charge in [0.25, 0.3) is 5.91 Å². The molecule has 5 heteroatoms. The van der Waals surface area contributed by atoms with Crippen molar-refractivity contribution in [1.29, 1.82) is 0 Å². The number of carbonyl (C=O) groups is 2. The Morgan fingerprint density at radius 3 is 2.27 bits per heavy atom. The zero-order chi connectivity index (χ0) is 18.4. The number of carbonyl (C=O) groups excluding carboxylic acids is 2. The number of benzene rings is 2. The van der Waals surface area contributed by atoms with Crippen LogP contribution in [0.3, 0.4) is 0 Å². The Morgan fingerprint density at radius 1 is 0.885 bits per heavy atom. The number of pyridine rings is 1. The molecule has 0 bridgehead atoms. The maximum Gasteiger partial charge on any atom is 0.257 e. The van der Waals surface area contributed by atoms with Crippen LogP contribution in [0.2, 0.25) is 0 Å². The fourth-order valence-corrected chi connectivity index (χ4v) is 2.57. The van der Waals surface area contributed by atoms with Crippen molar-refractivity contribution in [3.63, 3.8) is 0 Å². The molecule has 0 aliphatic rings. The predicted molar refractivity (Wildman–Crippen MR) is 102 cm³/mol. The molecule has 3 rings (SSSR count). The number of hydrogen-bond donors (Lipinski definition) is 2. The molecule has 130 valence electrons. The van der Waals surface area contributed by atoms with E-state index >= 15 is 0 Å². The fourth-order valence-electron chi connectivity index (χ4n) is 2.57. The third kappa shape index (κ3) is 4.33. The van der Waals surface area contributed by atoms with Crippen molar-refractivity contribution in [2.45, 2.75) is 13.3 Å². The van der Waals surface area contributed by atoms with E-state index in [1.165, 1.54) is 6.20 Å². The van der Waals surface area contributed by atoms with E-state index in [0.29, 0.717) is 16.9 Å². The van der Waals surface area contributed by atoms with E-state index in [2.05, 4.69) is 15.6 Å². The lowest BCUT2D eigenvalue weighted by Gasteiger charge is -2.13. The van der Waals surface area contributed by atoms with Crippen molar-refractivity contribution in [2.24, 2.45) is 0 Å². The van der Waals surface area contributed by atoms with E-state index < -0.39 is 0 Å². The number of para-hydroxylation sites is 2. The number of amides is 2. The van der Waals surface area contributed by atoms with Gasteiger partial charge in [-0.3, -0.25) is 14.6 Å². The van der Waals surface area contributed by atoms with Gasteiger partial charge in [0.1, 0.15) is 0 Å². The van der Waals surface area contributed by atoms with Crippen molar-refractivity contribution < 1.29 is 9.59 Å². The van der Waals surface area contributed by atoms with Gasteiger partial charge in [0, 0.05) is 12.4 Å². The van der Waals surface area contributed by atoms with Gasteiger partial charge in [-0.1, -0.05) is 36.4 Å². The monoisotopic (exact) mass is 345 g/mol. The maximum atomic E-state index is 12.4. The quantitative estimate of drug-likeness (QED) is 0.738. The zero-order valence-corrected chi connectivity index (χ0v) is 14.4. The highest BCUT2D eigenvalue weighted by atomic mass is 16.2. The van der Waals surface area contributed by atoms with Crippen LogP contribution in [0.25, 0.3) is 0 Å². The van der Waals surface area contributed by atoms with Crippen LogP contribution in [0.1, 0.15) is 21.5 Å². The Bertz CT molecular complexity index is 923. The molecule has 1 aromatic heterocycles. The average molecular weight is 345 g/mol. The number of aromatic nitrogens is 1. The van der Waals surface area contributed by atoms with Gasteiger partial charge in [-0.15, -0.1) is 0 Å². The van der Waals surface area contributed by atoms with Crippen LogP contribution in [0.15, 0.2) is 73.1 Å². The second kappa shape index (κ2) is 8.07. The summed E-state index contributed by atoms with van der Waals surface area (Å²) in [4.78, 5) is 28.7. The minimum Gasteiger partial charge on any atom is -0.324 e. The van der Waals surface area contributed by atoms with Gasteiger partial charge in [-0.2, -0.15) is 0 Å². The van der Waals surface area contributed by atoms with Crippen molar-refractivity contribution in [1.82, 2.24) is 4.98 Å². The van der Waals surface area contributed by atoms with Crippen molar-refractivity contribution >= 4 is 23.2 Å². The summed E-state index contributed by atoms with van der Waals surface area (Å²) in [6.45, 7) is 1.98. The first kappa shape index (κ1) is 17.4. The normalized spacial score (nSPS) is 10.2. The number of hydrogen-bond acceptors (Lipinski definition) is 3. The first-order valence-electron chi connectivity index (χ1n) is 8.28. The fraction of sp³-hybridized carbons (Fsp3) is 0.0952. The van der Waals surface area contributed by atoms with Crippen LogP contribution < -0.4 is 10.6 Å². The molecular formula is C21H19N3O2. The van der Waals surface area contributed by atoms with Crippen LogP contribution >= 0.6 is 0 Å². The molecule has 0 aliphatic heterocycles. The first-order chi connectivity index (χ1) is 12.6. The standard InChI is InChI=1S/C21H19N3O2/c1-15-7-2-3-8-16(15)13-20(25)23-18-10-4-5-11-19(18)24-21(26)17-9-6-12-22-14-17/h2-12,14H,13H2,1H3,(H,23,25)(H,24,26). The van der Waals surface area contributed by atoms with Crippen LogP contribution in [0.5, 0.6) is 0 Å². The summed E-state index contributed by atoms with van der Waals surface area (Å²) in [5.74, 6) is -0.416. The molecule has 2 N–H and O–H groups in total. The number of rotatable bonds is 5. The predicted octanol–water partition coefficient (Wildman–Crippen LogP) is 3.82. The minimum absolute atomic E-state index is 0.137. The van der Waals surface area contributed by atoms with Crippen molar-refractivity contribution in [3.05, 3.63) is 89.7 Å². The summed E-state index contributed by atoms with van der Waals surface area (Å²) >= 11 is 0. The number of aryl methyl sites for hydroxylation is 1.